The summed E-state index contributed by atoms with van der Waals surface area (Å²) in [4.78, 5) is 22.6. The molecule has 2 amide bonds. The molecule has 0 aliphatic carbocycles. The average molecular weight is 319 g/mol. The van der Waals surface area contributed by atoms with E-state index in [1.807, 2.05) is 0 Å². The van der Waals surface area contributed by atoms with Gasteiger partial charge < -0.3 is 8.92 Å². The number of hydrogen-bond donors (Lipinski definition) is 1. The highest BCUT2D eigenvalue weighted by molar-refractivity contribution is 7.81. The second-order valence-electron chi connectivity index (χ2n) is 4.52. The van der Waals surface area contributed by atoms with Crippen molar-refractivity contribution in [2.45, 2.75) is 25.9 Å². The van der Waals surface area contributed by atoms with Crippen LogP contribution >= 0.6 is 0 Å². The van der Waals surface area contributed by atoms with Crippen molar-refractivity contribution in [3.63, 3.8) is 0 Å². The molecule has 1 N–H and O–H groups in total. The predicted octanol–water partition coefficient (Wildman–Crippen LogP) is 1.02. The summed E-state index contributed by atoms with van der Waals surface area (Å²) in [5.41, 5.74) is 0.554. The number of ether oxygens (including phenoxy) is 1. The summed E-state index contributed by atoms with van der Waals surface area (Å²) in [5.74, 6) is -1.08. The summed E-state index contributed by atoms with van der Waals surface area (Å²) in [6.45, 7) is 1.62. The zero-order valence-corrected chi connectivity index (χ0v) is 11.8. The van der Waals surface area contributed by atoms with Gasteiger partial charge in [-0.1, -0.05) is 3.89 Å². The first-order valence-corrected chi connectivity index (χ1v) is 7.30. The molecule has 0 aromatic heterocycles. The SMILES string of the molecule is Cc1cc(OC2CCC(=O)NC2=O)cc(OS(=O)(=O)F)c1.[HH]. The molecule has 116 valence electrons. The van der Waals surface area contributed by atoms with Crippen molar-refractivity contribution in [1.29, 1.82) is 0 Å². The maximum absolute atomic E-state index is 12.5. The van der Waals surface area contributed by atoms with Gasteiger partial charge in [0.2, 0.25) is 5.91 Å². The van der Waals surface area contributed by atoms with Crippen LogP contribution < -0.4 is 14.2 Å². The van der Waals surface area contributed by atoms with E-state index in [1.165, 1.54) is 12.1 Å². The molecule has 1 fully saturated rings. The highest BCUT2D eigenvalue weighted by Gasteiger charge is 2.28. The van der Waals surface area contributed by atoms with Gasteiger partial charge in [-0.2, -0.15) is 8.42 Å². The fraction of sp³-hybridized carbons (Fsp3) is 0.333. The molecule has 1 saturated heterocycles. The van der Waals surface area contributed by atoms with Crippen LogP contribution in [0.3, 0.4) is 0 Å². The molecule has 1 heterocycles. The molecule has 0 radical (unpaired) electrons. The fourth-order valence-electron chi connectivity index (χ4n) is 1.90. The van der Waals surface area contributed by atoms with Crippen LogP contribution in [0.1, 0.15) is 19.8 Å². The van der Waals surface area contributed by atoms with Crippen LogP contribution in [0.5, 0.6) is 11.5 Å². The lowest BCUT2D eigenvalue weighted by atomic mass is 10.1. The number of carbonyl (C=O) groups is 2. The first-order valence-electron chi connectivity index (χ1n) is 5.99. The second kappa shape index (κ2) is 5.68. The molecule has 2 rings (SSSR count). The number of piperidine rings is 1. The summed E-state index contributed by atoms with van der Waals surface area (Å²) in [6.07, 6.45) is -0.528. The molecule has 7 nitrogen and oxygen atoms in total. The van der Waals surface area contributed by atoms with Gasteiger partial charge in [-0.3, -0.25) is 14.9 Å². The van der Waals surface area contributed by atoms with Crippen molar-refractivity contribution in [3.05, 3.63) is 23.8 Å². The summed E-state index contributed by atoms with van der Waals surface area (Å²) in [5, 5.41) is 2.13. The average Bonchev–Trinajstić information content (AvgIpc) is 2.29. The second-order valence-corrected chi connectivity index (χ2v) is 5.47. The quantitative estimate of drug-likeness (QED) is 0.657. The van der Waals surface area contributed by atoms with Gasteiger partial charge in [0.05, 0.1) is 0 Å². The molecule has 0 spiro atoms. The molecule has 1 aromatic carbocycles. The zero-order valence-electron chi connectivity index (χ0n) is 11.0. The maximum atomic E-state index is 12.5. The minimum atomic E-state index is -5.14. The highest BCUT2D eigenvalue weighted by Crippen LogP contribution is 2.26. The number of imide groups is 1. The smallest absolute Gasteiger partial charge is 0.480 e. The van der Waals surface area contributed by atoms with E-state index in [9.17, 15) is 21.9 Å². The summed E-state index contributed by atoms with van der Waals surface area (Å²) in [7, 11) is -5.14. The van der Waals surface area contributed by atoms with Crippen molar-refractivity contribution in [2.75, 3.05) is 0 Å². The van der Waals surface area contributed by atoms with Gasteiger partial charge in [0, 0.05) is 20.3 Å². The Kier molecular flexibility index (Phi) is 4.12. The Morgan fingerprint density at radius 1 is 1.29 bits per heavy atom. The molecule has 1 aliphatic rings. The van der Waals surface area contributed by atoms with Crippen molar-refractivity contribution in [1.82, 2.24) is 5.32 Å². The van der Waals surface area contributed by atoms with E-state index < -0.39 is 22.5 Å². The molecular formula is C12H14FNO6S. The Labute approximate surface area is 121 Å². The van der Waals surface area contributed by atoms with Crippen LogP contribution in [0.25, 0.3) is 0 Å². The minimum absolute atomic E-state index is 0. The standard InChI is InChI=1S/C12H12FNO6S.H2/c1-7-4-8(6-9(5-7)20-21(13,17)18)19-10-2-3-11(15)14-12(10)16;/h4-6,10H,2-3H2,1H3,(H,14,15,16);1H. The van der Waals surface area contributed by atoms with Crippen LogP contribution in [-0.2, 0) is 20.1 Å². The normalized spacial score (nSPS) is 19.0. The Hall–Kier alpha value is -2.16. The monoisotopic (exact) mass is 319 g/mol. The zero-order chi connectivity index (χ0) is 15.6. The predicted molar refractivity (Wildman–Crippen MR) is 70.7 cm³/mol. The molecular weight excluding hydrogens is 305 g/mol. The highest BCUT2D eigenvalue weighted by atomic mass is 32.3. The number of amides is 2. The largest absolute Gasteiger partial charge is 0.488 e. The van der Waals surface area contributed by atoms with E-state index in [-0.39, 0.29) is 31.7 Å². The minimum Gasteiger partial charge on any atom is -0.480 e. The lowest BCUT2D eigenvalue weighted by Crippen LogP contribution is -2.46. The van der Waals surface area contributed by atoms with Crippen molar-refractivity contribution >= 4 is 22.3 Å². The lowest BCUT2D eigenvalue weighted by molar-refractivity contribution is -0.138. The van der Waals surface area contributed by atoms with Crippen LogP contribution in [0.4, 0.5) is 3.89 Å². The van der Waals surface area contributed by atoms with Gasteiger partial charge in [-0.15, -0.1) is 0 Å². The Balaban J connectivity index is 0.00000242. The van der Waals surface area contributed by atoms with Crippen LogP contribution in [0.2, 0.25) is 0 Å². The maximum Gasteiger partial charge on any atom is 0.488 e. The third kappa shape index (κ3) is 4.42. The van der Waals surface area contributed by atoms with Gasteiger partial charge in [0.1, 0.15) is 11.5 Å². The summed E-state index contributed by atoms with van der Waals surface area (Å²) < 4.78 is 43.0. The number of halogens is 1. The Morgan fingerprint density at radius 3 is 2.57 bits per heavy atom. The van der Waals surface area contributed by atoms with E-state index in [2.05, 4.69) is 9.50 Å². The number of benzene rings is 1. The number of carbonyl (C=O) groups excluding carboxylic acids is 2. The fourth-order valence-corrected chi connectivity index (χ4v) is 2.22. The summed E-state index contributed by atoms with van der Waals surface area (Å²) >= 11 is 0. The van der Waals surface area contributed by atoms with Gasteiger partial charge in [0.15, 0.2) is 6.10 Å². The van der Waals surface area contributed by atoms with Crippen molar-refractivity contribution < 1.29 is 32.2 Å². The molecule has 1 aliphatic heterocycles. The van der Waals surface area contributed by atoms with Crippen molar-refractivity contribution in [2.24, 2.45) is 0 Å². The number of nitrogens with one attached hydrogen (secondary N) is 1. The molecule has 1 atom stereocenters. The molecule has 21 heavy (non-hydrogen) atoms. The van der Waals surface area contributed by atoms with E-state index >= 15 is 0 Å². The van der Waals surface area contributed by atoms with Crippen molar-refractivity contribution in [3.8, 4) is 11.5 Å². The molecule has 0 bridgehead atoms. The molecule has 1 unspecified atom stereocenters. The van der Waals surface area contributed by atoms with Crippen LogP contribution in [0, 0.1) is 6.92 Å². The van der Waals surface area contributed by atoms with Gasteiger partial charge in [-0.05, 0) is 24.6 Å². The Morgan fingerprint density at radius 2 is 1.95 bits per heavy atom. The Bertz CT molecular complexity index is 693. The van der Waals surface area contributed by atoms with Crippen LogP contribution in [0.15, 0.2) is 18.2 Å². The van der Waals surface area contributed by atoms with E-state index in [0.29, 0.717) is 5.56 Å². The lowest BCUT2D eigenvalue weighted by Gasteiger charge is -2.22. The molecule has 1 aromatic rings. The third-order valence-electron chi connectivity index (χ3n) is 2.69. The first-order chi connectivity index (χ1) is 9.73. The third-order valence-corrected chi connectivity index (χ3v) is 3.08. The van der Waals surface area contributed by atoms with E-state index in [0.717, 1.165) is 6.07 Å². The van der Waals surface area contributed by atoms with E-state index in [1.54, 1.807) is 6.92 Å². The molecule has 9 heteroatoms. The van der Waals surface area contributed by atoms with E-state index in [4.69, 9.17) is 4.74 Å². The number of aryl methyl sites for hydroxylation is 1. The van der Waals surface area contributed by atoms with Crippen LogP contribution in [-0.4, -0.2) is 26.3 Å². The van der Waals surface area contributed by atoms with Gasteiger partial charge in [-0.25, -0.2) is 0 Å². The first kappa shape index (κ1) is 15.2. The van der Waals surface area contributed by atoms with Gasteiger partial charge in [0.25, 0.3) is 5.91 Å². The summed E-state index contributed by atoms with van der Waals surface area (Å²) in [6, 6.07) is 3.98. The number of rotatable bonds is 4. The van der Waals surface area contributed by atoms with Gasteiger partial charge >= 0.3 is 10.5 Å². The molecule has 0 saturated carbocycles. The number of hydrogen-bond acceptors (Lipinski definition) is 6. The topological polar surface area (TPSA) is 98.8 Å².